The van der Waals surface area contributed by atoms with E-state index in [1.165, 1.54) is 22.6 Å². The number of thiophene rings is 1. The summed E-state index contributed by atoms with van der Waals surface area (Å²) in [6.45, 7) is 3.77. The lowest BCUT2D eigenvalue weighted by Crippen LogP contribution is -2.50. The minimum Gasteiger partial charge on any atom is -0.391 e. The molecular formula is C19H28N2O3S. The van der Waals surface area contributed by atoms with Gasteiger partial charge in [-0.25, -0.2) is 0 Å². The fourth-order valence-electron chi connectivity index (χ4n) is 3.84. The summed E-state index contributed by atoms with van der Waals surface area (Å²) in [5.41, 5.74) is 0. The van der Waals surface area contributed by atoms with E-state index in [1.807, 2.05) is 17.0 Å². The Morgan fingerprint density at radius 3 is 2.64 bits per heavy atom. The monoisotopic (exact) mass is 364 g/mol. The molecule has 3 atom stereocenters. The molecule has 6 heteroatoms. The third-order valence-corrected chi connectivity index (χ3v) is 6.61. The third-order valence-electron chi connectivity index (χ3n) is 5.38. The van der Waals surface area contributed by atoms with E-state index < -0.39 is 6.10 Å². The number of aryl methyl sites for hydroxylation is 1. The molecule has 2 amide bonds. The van der Waals surface area contributed by atoms with Crippen LogP contribution >= 0.6 is 11.3 Å². The third kappa shape index (κ3) is 4.42. The largest absolute Gasteiger partial charge is 0.391 e. The van der Waals surface area contributed by atoms with Crippen LogP contribution in [0, 0.1) is 5.92 Å². The van der Waals surface area contributed by atoms with E-state index in [-0.39, 0.29) is 23.8 Å². The van der Waals surface area contributed by atoms with Crippen molar-refractivity contribution in [3.8, 4) is 0 Å². The van der Waals surface area contributed by atoms with Crippen molar-refractivity contribution in [1.29, 1.82) is 0 Å². The highest BCUT2D eigenvalue weighted by Gasteiger charge is 2.35. The Bertz CT molecular complexity index is 610. The van der Waals surface area contributed by atoms with Crippen LogP contribution in [0.15, 0.2) is 12.1 Å². The highest BCUT2D eigenvalue weighted by atomic mass is 32.1. The van der Waals surface area contributed by atoms with Crippen LogP contribution in [0.4, 0.5) is 0 Å². The zero-order valence-corrected chi connectivity index (χ0v) is 15.7. The van der Waals surface area contributed by atoms with Crippen molar-refractivity contribution in [1.82, 2.24) is 10.2 Å². The maximum absolute atomic E-state index is 12.6. The summed E-state index contributed by atoms with van der Waals surface area (Å²) in [4.78, 5) is 28.8. The maximum atomic E-state index is 12.6. The number of carbonyl (C=O) groups excluding carboxylic acids is 2. The Hall–Kier alpha value is -1.40. The molecule has 25 heavy (non-hydrogen) atoms. The van der Waals surface area contributed by atoms with Gasteiger partial charge in [0.2, 0.25) is 5.91 Å². The fraction of sp³-hybridized carbons (Fsp3) is 0.684. The predicted octanol–water partition coefficient (Wildman–Crippen LogP) is 2.58. The number of aliphatic hydroxyl groups is 1. The first kappa shape index (κ1) is 18.4. The summed E-state index contributed by atoms with van der Waals surface area (Å²) in [7, 11) is 0. The normalized spacial score (nSPS) is 27.1. The van der Waals surface area contributed by atoms with E-state index in [0.717, 1.165) is 38.8 Å². The summed E-state index contributed by atoms with van der Waals surface area (Å²) >= 11 is 1.50. The molecule has 3 rings (SSSR count). The number of likely N-dealkylation sites (tertiary alicyclic amines) is 1. The molecule has 2 fully saturated rings. The van der Waals surface area contributed by atoms with Gasteiger partial charge in [0.1, 0.15) is 0 Å². The minimum atomic E-state index is -0.651. The molecule has 2 heterocycles. The Balaban J connectivity index is 1.52. The van der Waals surface area contributed by atoms with Crippen molar-refractivity contribution in [2.24, 2.45) is 5.92 Å². The van der Waals surface area contributed by atoms with Crippen LogP contribution < -0.4 is 5.32 Å². The average molecular weight is 365 g/mol. The van der Waals surface area contributed by atoms with E-state index >= 15 is 0 Å². The second-order valence-electron chi connectivity index (χ2n) is 7.16. The SMILES string of the molecule is CCc1ccc(C(=O)N[C@H]2CC[C@H](C(=O)N3CCCCC3)C[C@@H]2O)s1. The van der Waals surface area contributed by atoms with E-state index in [1.54, 1.807) is 0 Å². The molecule has 1 saturated carbocycles. The van der Waals surface area contributed by atoms with Crippen molar-refractivity contribution >= 4 is 23.2 Å². The number of rotatable bonds is 4. The molecule has 5 nitrogen and oxygen atoms in total. The standard InChI is InChI=1S/C19H28N2O3S/c1-2-14-7-9-17(25-14)18(23)20-15-8-6-13(12-16(15)22)19(24)21-10-4-3-5-11-21/h7,9,13,15-16,22H,2-6,8,10-12H2,1H3,(H,20,23)/t13-,15-,16-/m0/s1. The Kier molecular flexibility index (Phi) is 6.12. The van der Waals surface area contributed by atoms with Crippen molar-refractivity contribution in [2.75, 3.05) is 13.1 Å². The Labute approximate surface area is 153 Å². The smallest absolute Gasteiger partial charge is 0.261 e. The zero-order chi connectivity index (χ0) is 17.8. The molecule has 0 radical (unpaired) electrons. The van der Waals surface area contributed by atoms with E-state index in [2.05, 4.69) is 12.2 Å². The molecule has 138 valence electrons. The highest BCUT2D eigenvalue weighted by molar-refractivity contribution is 7.14. The Morgan fingerprint density at radius 2 is 2.00 bits per heavy atom. The van der Waals surface area contributed by atoms with Crippen LogP contribution in [0.1, 0.15) is 60.0 Å². The number of hydrogen-bond acceptors (Lipinski definition) is 4. The molecule has 1 saturated heterocycles. The lowest BCUT2D eigenvalue weighted by atomic mass is 9.82. The second kappa shape index (κ2) is 8.32. The van der Waals surface area contributed by atoms with Gasteiger partial charge >= 0.3 is 0 Å². The van der Waals surface area contributed by atoms with Gasteiger partial charge < -0.3 is 15.3 Å². The van der Waals surface area contributed by atoms with Gasteiger partial charge in [0.05, 0.1) is 17.0 Å². The van der Waals surface area contributed by atoms with Crippen molar-refractivity contribution in [2.45, 2.75) is 64.0 Å². The number of hydrogen-bond donors (Lipinski definition) is 2. The van der Waals surface area contributed by atoms with Gasteiger partial charge in [0, 0.05) is 23.9 Å². The van der Waals surface area contributed by atoms with Crippen molar-refractivity contribution < 1.29 is 14.7 Å². The van der Waals surface area contributed by atoms with Crippen LogP contribution in [0.5, 0.6) is 0 Å². The van der Waals surface area contributed by atoms with Crippen LogP contribution in [0.3, 0.4) is 0 Å². The summed E-state index contributed by atoms with van der Waals surface area (Å²) in [5.74, 6) is -0.0291. The molecule has 0 unspecified atom stereocenters. The lowest BCUT2D eigenvalue weighted by Gasteiger charge is -2.36. The topological polar surface area (TPSA) is 69.6 Å². The Morgan fingerprint density at radius 1 is 1.24 bits per heavy atom. The van der Waals surface area contributed by atoms with Crippen molar-refractivity contribution in [3.63, 3.8) is 0 Å². The summed E-state index contributed by atoms with van der Waals surface area (Å²) in [6, 6.07) is 3.56. The van der Waals surface area contributed by atoms with Crippen LogP contribution in [-0.4, -0.2) is 47.1 Å². The lowest BCUT2D eigenvalue weighted by molar-refractivity contribution is -0.139. The molecule has 2 aliphatic rings. The van der Waals surface area contributed by atoms with Gasteiger partial charge in [-0.2, -0.15) is 0 Å². The number of nitrogens with zero attached hydrogens (tertiary/aromatic N) is 1. The number of nitrogens with one attached hydrogen (secondary N) is 1. The molecule has 0 aromatic carbocycles. The molecular weight excluding hydrogens is 336 g/mol. The predicted molar refractivity (Wildman–Crippen MR) is 98.7 cm³/mol. The molecule has 1 aromatic rings. The first-order valence-corrected chi connectivity index (χ1v) is 10.3. The molecule has 0 spiro atoms. The van der Waals surface area contributed by atoms with Crippen LogP contribution in [-0.2, 0) is 11.2 Å². The number of carbonyl (C=O) groups is 2. The first-order valence-electron chi connectivity index (χ1n) is 9.45. The zero-order valence-electron chi connectivity index (χ0n) is 14.9. The van der Waals surface area contributed by atoms with Crippen LogP contribution in [0.25, 0.3) is 0 Å². The number of piperidine rings is 1. The van der Waals surface area contributed by atoms with Gasteiger partial charge in [-0.15, -0.1) is 11.3 Å². The van der Waals surface area contributed by atoms with Gasteiger partial charge in [-0.1, -0.05) is 6.92 Å². The summed E-state index contributed by atoms with van der Waals surface area (Å²) < 4.78 is 0. The highest BCUT2D eigenvalue weighted by Crippen LogP contribution is 2.28. The van der Waals surface area contributed by atoms with Crippen molar-refractivity contribution in [3.05, 3.63) is 21.9 Å². The molecule has 2 N–H and O–H groups in total. The van der Waals surface area contributed by atoms with Crippen LogP contribution in [0.2, 0.25) is 0 Å². The fourth-order valence-corrected chi connectivity index (χ4v) is 4.69. The maximum Gasteiger partial charge on any atom is 0.261 e. The number of aliphatic hydroxyl groups excluding tert-OH is 1. The quantitative estimate of drug-likeness (QED) is 0.863. The molecule has 0 bridgehead atoms. The van der Waals surface area contributed by atoms with E-state index in [4.69, 9.17) is 0 Å². The van der Waals surface area contributed by atoms with E-state index in [0.29, 0.717) is 17.7 Å². The average Bonchev–Trinajstić information content (AvgIpc) is 3.13. The summed E-state index contributed by atoms with van der Waals surface area (Å²) in [6.07, 6.45) is 5.48. The molecule has 1 aliphatic carbocycles. The molecule has 1 aliphatic heterocycles. The van der Waals surface area contributed by atoms with Gasteiger partial charge in [-0.3, -0.25) is 9.59 Å². The first-order chi connectivity index (χ1) is 12.1. The van der Waals surface area contributed by atoms with Gasteiger partial charge in [0.15, 0.2) is 0 Å². The van der Waals surface area contributed by atoms with E-state index in [9.17, 15) is 14.7 Å². The van der Waals surface area contributed by atoms with Gasteiger partial charge in [-0.05, 0) is 57.1 Å². The number of amides is 2. The van der Waals surface area contributed by atoms with Gasteiger partial charge in [0.25, 0.3) is 5.91 Å². The molecule has 1 aromatic heterocycles. The minimum absolute atomic E-state index is 0.102. The summed E-state index contributed by atoms with van der Waals surface area (Å²) in [5, 5.41) is 13.4. The second-order valence-corrected chi connectivity index (χ2v) is 8.33.